The maximum Gasteiger partial charge on any atom is 0.237 e. The zero-order chi connectivity index (χ0) is 14.2. The van der Waals surface area contributed by atoms with E-state index in [9.17, 15) is 4.79 Å². The zero-order valence-corrected chi connectivity index (χ0v) is 12.7. The summed E-state index contributed by atoms with van der Waals surface area (Å²) in [5.41, 5.74) is 5.35. The molecule has 0 heterocycles. The molecule has 114 valence electrons. The van der Waals surface area contributed by atoms with E-state index in [0.29, 0.717) is 12.1 Å². The molecule has 20 heavy (non-hydrogen) atoms. The molecule has 3 aliphatic rings. The molecule has 0 aliphatic heterocycles. The monoisotopic (exact) mass is 279 g/mol. The summed E-state index contributed by atoms with van der Waals surface area (Å²) in [7, 11) is 0. The van der Waals surface area contributed by atoms with Crippen LogP contribution in [0, 0.1) is 5.92 Å². The van der Waals surface area contributed by atoms with E-state index >= 15 is 0 Å². The molecule has 0 aromatic carbocycles. The van der Waals surface area contributed by atoms with Crippen LogP contribution < -0.4 is 11.1 Å². The number of rotatable bonds is 7. The average Bonchev–Trinajstić information content (AvgIpc) is 3.31. The molecule has 3 saturated carbocycles. The minimum Gasteiger partial charge on any atom is -0.368 e. The second kappa shape index (κ2) is 5.64. The number of carbonyl (C=O) groups is 1. The molecule has 3 rings (SSSR count). The third-order valence-corrected chi connectivity index (χ3v) is 5.37. The van der Waals surface area contributed by atoms with Gasteiger partial charge in [0.15, 0.2) is 0 Å². The Hall–Kier alpha value is -0.610. The molecule has 0 bridgehead atoms. The van der Waals surface area contributed by atoms with Gasteiger partial charge in [0.25, 0.3) is 0 Å². The maximum absolute atomic E-state index is 12.1. The number of carbonyl (C=O) groups excluding carboxylic acids is 1. The van der Waals surface area contributed by atoms with Crippen LogP contribution in [0.3, 0.4) is 0 Å². The van der Waals surface area contributed by atoms with Crippen molar-refractivity contribution in [2.24, 2.45) is 11.7 Å². The first-order chi connectivity index (χ1) is 9.63. The Balaban J connectivity index is 1.67. The predicted molar refractivity (Wildman–Crippen MR) is 80.3 cm³/mol. The zero-order valence-electron chi connectivity index (χ0n) is 12.7. The number of primary amides is 1. The van der Waals surface area contributed by atoms with Crippen LogP contribution in [-0.2, 0) is 4.79 Å². The second-order valence-corrected chi connectivity index (χ2v) is 7.15. The number of hydrogen-bond acceptors (Lipinski definition) is 3. The normalized spacial score (nSPS) is 34.4. The van der Waals surface area contributed by atoms with Gasteiger partial charge in [0.05, 0.1) is 5.54 Å². The van der Waals surface area contributed by atoms with E-state index in [1.54, 1.807) is 0 Å². The number of nitrogens with two attached hydrogens (primary N) is 1. The highest BCUT2D eigenvalue weighted by Crippen LogP contribution is 2.37. The first-order valence-electron chi connectivity index (χ1n) is 8.44. The van der Waals surface area contributed by atoms with E-state index in [1.807, 2.05) is 0 Å². The van der Waals surface area contributed by atoms with Gasteiger partial charge in [-0.15, -0.1) is 0 Å². The molecule has 0 spiro atoms. The van der Waals surface area contributed by atoms with Crippen molar-refractivity contribution in [1.82, 2.24) is 10.2 Å². The Morgan fingerprint density at radius 1 is 1.30 bits per heavy atom. The summed E-state index contributed by atoms with van der Waals surface area (Å²) in [5, 5.41) is 3.58. The molecule has 4 heteroatoms. The molecule has 0 saturated heterocycles. The molecular formula is C16H29N3O. The lowest BCUT2D eigenvalue weighted by Gasteiger charge is -2.43. The fourth-order valence-corrected chi connectivity index (χ4v) is 3.77. The summed E-state index contributed by atoms with van der Waals surface area (Å²) in [6.45, 7) is 4.57. The smallest absolute Gasteiger partial charge is 0.237 e. The lowest BCUT2D eigenvalue weighted by Crippen LogP contribution is -2.61. The van der Waals surface area contributed by atoms with Crippen LogP contribution in [0.4, 0.5) is 0 Å². The van der Waals surface area contributed by atoms with E-state index < -0.39 is 5.54 Å². The summed E-state index contributed by atoms with van der Waals surface area (Å²) in [5.74, 6) is 0.785. The van der Waals surface area contributed by atoms with Gasteiger partial charge in [0.1, 0.15) is 0 Å². The van der Waals surface area contributed by atoms with E-state index in [1.165, 1.54) is 38.6 Å². The SMILES string of the molecule is CCN(CC1CC1)C1CCCC(NC2CC2)(C(N)=O)C1. The van der Waals surface area contributed by atoms with Gasteiger partial charge in [-0.1, -0.05) is 6.92 Å². The van der Waals surface area contributed by atoms with Crippen molar-refractivity contribution < 1.29 is 4.79 Å². The van der Waals surface area contributed by atoms with Crippen molar-refractivity contribution in [3.8, 4) is 0 Å². The predicted octanol–water partition coefficient (Wildman–Crippen LogP) is 1.64. The van der Waals surface area contributed by atoms with Crippen LogP contribution in [0.1, 0.15) is 58.3 Å². The molecule has 0 aromatic rings. The van der Waals surface area contributed by atoms with E-state index in [0.717, 1.165) is 31.7 Å². The fourth-order valence-electron chi connectivity index (χ4n) is 3.77. The third kappa shape index (κ3) is 3.17. The maximum atomic E-state index is 12.1. The molecule has 0 radical (unpaired) electrons. The van der Waals surface area contributed by atoms with Gasteiger partial charge in [0, 0.05) is 18.6 Å². The van der Waals surface area contributed by atoms with E-state index in [4.69, 9.17) is 5.73 Å². The minimum atomic E-state index is -0.430. The van der Waals surface area contributed by atoms with Crippen LogP contribution >= 0.6 is 0 Å². The number of nitrogens with one attached hydrogen (secondary N) is 1. The Bertz CT molecular complexity index is 365. The first-order valence-corrected chi connectivity index (χ1v) is 8.44. The highest BCUT2D eigenvalue weighted by molar-refractivity contribution is 5.85. The van der Waals surface area contributed by atoms with Crippen molar-refractivity contribution in [1.29, 1.82) is 0 Å². The van der Waals surface area contributed by atoms with Gasteiger partial charge < -0.3 is 16.0 Å². The van der Waals surface area contributed by atoms with Gasteiger partial charge in [0.2, 0.25) is 5.91 Å². The standard InChI is InChI=1S/C16H29N3O/c1-2-19(11-12-5-6-12)14-4-3-9-16(10-14,15(17)20)18-13-7-8-13/h12-14,18H,2-11H2,1H3,(H2,17,20). The molecule has 0 aromatic heterocycles. The van der Waals surface area contributed by atoms with Crippen LogP contribution in [0.2, 0.25) is 0 Å². The quantitative estimate of drug-likeness (QED) is 0.745. The van der Waals surface area contributed by atoms with Gasteiger partial charge in [-0.05, 0) is 63.8 Å². The third-order valence-electron chi connectivity index (χ3n) is 5.37. The summed E-state index contributed by atoms with van der Waals surface area (Å²) in [4.78, 5) is 14.7. The second-order valence-electron chi connectivity index (χ2n) is 7.15. The van der Waals surface area contributed by atoms with Crippen molar-refractivity contribution >= 4 is 5.91 Å². The highest BCUT2D eigenvalue weighted by atomic mass is 16.1. The summed E-state index contributed by atoms with van der Waals surface area (Å²) in [6, 6.07) is 1.08. The summed E-state index contributed by atoms with van der Waals surface area (Å²) in [6.07, 6.45) is 9.39. The molecule has 3 fully saturated rings. The minimum absolute atomic E-state index is 0.128. The Morgan fingerprint density at radius 3 is 2.60 bits per heavy atom. The number of amides is 1. The van der Waals surface area contributed by atoms with Gasteiger partial charge >= 0.3 is 0 Å². The fraction of sp³-hybridized carbons (Fsp3) is 0.938. The number of hydrogen-bond donors (Lipinski definition) is 2. The van der Waals surface area contributed by atoms with E-state index in [-0.39, 0.29) is 5.91 Å². The topological polar surface area (TPSA) is 58.4 Å². The van der Waals surface area contributed by atoms with Crippen molar-refractivity contribution in [3.63, 3.8) is 0 Å². The molecule has 1 amide bonds. The summed E-state index contributed by atoms with van der Waals surface area (Å²) >= 11 is 0. The lowest BCUT2D eigenvalue weighted by molar-refractivity contribution is -0.127. The summed E-state index contributed by atoms with van der Waals surface area (Å²) < 4.78 is 0. The Morgan fingerprint density at radius 2 is 2.05 bits per heavy atom. The van der Waals surface area contributed by atoms with Crippen LogP contribution in [-0.4, -0.2) is 41.5 Å². The molecule has 2 atom stereocenters. The molecule has 2 unspecified atom stereocenters. The average molecular weight is 279 g/mol. The van der Waals surface area contributed by atoms with Gasteiger partial charge in [-0.2, -0.15) is 0 Å². The van der Waals surface area contributed by atoms with Crippen LogP contribution in [0.15, 0.2) is 0 Å². The Kier molecular flexibility index (Phi) is 4.04. The van der Waals surface area contributed by atoms with Crippen molar-refractivity contribution in [2.45, 2.75) is 75.9 Å². The number of nitrogens with zero attached hydrogens (tertiary/aromatic N) is 1. The molecule has 4 nitrogen and oxygen atoms in total. The van der Waals surface area contributed by atoms with Crippen LogP contribution in [0.5, 0.6) is 0 Å². The van der Waals surface area contributed by atoms with Crippen molar-refractivity contribution in [2.75, 3.05) is 13.1 Å². The van der Waals surface area contributed by atoms with Crippen molar-refractivity contribution in [3.05, 3.63) is 0 Å². The largest absolute Gasteiger partial charge is 0.368 e. The van der Waals surface area contributed by atoms with Gasteiger partial charge in [-0.3, -0.25) is 4.79 Å². The van der Waals surface area contributed by atoms with Crippen LogP contribution in [0.25, 0.3) is 0 Å². The lowest BCUT2D eigenvalue weighted by atomic mass is 9.77. The molecule has 3 aliphatic carbocycles. The highest BCUT2D eigenvalue weighted by Gasteiger charge is 2.45. The first kappa shape index (κ1) is 14.3. The van der Waals surface area contributed by atoms with E-state index in [2.05, 4.69) is 17.1 Å². The molecule has 3 N–H and O–H groups in total. The van der Waals surface area contributed by atoms with Gasteiger partial charge in [-0.25, -0.2) is 0 Å². The molecular weight excluding hydrogens is 250 g/mol. The Labute approximate surface area is 122 Å².